The second-order valence-electron chi connectivity index (χ2n) is 9.96. The van der Waals surface area contributed by atoms with Crippen LogP contribution < -0.4 is 0 Å². The minimum Gasteiger partial charge on any atom is -0.339 e. The van der Waals surface area contributed by atoms with Gasteiger partial charge in [-0.1, -0.05) is 12.1 Å². The van der Waals surface area contributed by atoms with Crippen LogP contribution in [0.2, 0.25) is 0 Å². The van der Waals surface area contributed by atoms with Gasteiger partial charge in [-0.15, -0.1) is 23.1 Å². The molecular formula is C27H30N2O4S2. The third-order valence-electron chi connectivity index (χ3n) is 7.84. The first-order valence-electron chi connectivity index (χ1n) is 12.2. The van der Waals surface area contributed by atoms with Gasteiger partial charge in [0.1, 0.15) is 0 Å². The zero-order valence-electron chi connectivity index (χ0n) is 20.2. The van der Waals surface area contributed by atoms with Crippen molar-refractivity contribution in [1.82, 2.24) is 9.80 Å². The highest BCUT2D eigenvalue weighted by atomic mass is 32.2. The van der Waals surface area contributed by atoms with Crippen molar-refractivity contribution in [3.05, 3.63) is 51.4 Å². The van der Waals surface area contributed by atoms with E-state index in [4.69, 9.17) is 0 Å². The maximum atomic E-state index is 13.5. The Bertz CT molecular complexity index is 1190. The van der Waals surface area contributed by atoms with Crippen molar-refractivity contribution < 1.29 is 19.2 Å². The summed E-state index contributed by atoms with van der Waals surface area (Å²) in [6.07, 6.45) is 6.89. The maximum absolute atomic E-state index is 13.5. The fraction of sp³-hybridized carbons (Fsp3) is 0.481. The first-order chi connectivity index (χ1) is 16.8. The zero-order chi connectivity index (χ0) is 24.7. The van der Waals surface area contributed by atoms with Crippen LogP contribution in [0.1, 0.15) is 85.3 Å². The molecule has 6 nitrogen and oxygen atoms in total. The van der Waals surface area contributed by atoms with E-state index in [0.29, 0.717) is 30.6 Å². The standard InChI is InChI=1S/C27H30N2O4S2/c1-17(30)18-6-8-19(9-7-18)24(32)28-13-10-27(11-14-28)12-15-29(16-27)25(33)23-20-4-3-5-21(31)22(20)26(34-2)35-23/h6-9H,3-5,10-16H2,1-2H3. The van der Waals surface area contributed by atoms with E-state index in [0.717, 1.165) is 65.4 Å². The molecule has 0 bridgehead atoms. The molecule has 3 aliphatic rings. The van der Waals surface area contributed by atoms with Crippen molar-refractivity contribution in [1.29, 1.82) is 0 Å². The van der Waals surface area contributed by atoms with Gasteiger partial charge in [0.25, 0.3) is 11.8 Å². The van der Waals surface area contributed by atoms with Crippen molar-refractivity contribution in [3.63, 3.8) is 0 Å². The average molecular weight is 511 g/mol. The van der Waals surface area contributed by atoms with E-state index in [1.807, 2.05) is 16.1 Å². The van der Waals surface area contributed by atoms with Gasteiger partial charge in [-0.05, 0) is 68.4 Å². The molecule has 0 radical (unpaired) electrons. The summed E-state index contributed by atoms with van der Waals surface area (Å²) in [5, 5.41) is 0. The summed E-state index contributed by atoms with van der Waals surface area (Å²) in [4.78, 5) is 55.2. The van der Waals surface area contributed by atoms with E-state index in [9.17, 15) is 19.2 Å². The molecule has 0 saturated carbocycles. The number of thiophene rings is 1. The lowest BCUT2D eigenvalue weighted by Crippen LogP contribution is -2.44. The molecule has 1 aromatic carbocycles. The number of piperidine rings is 1. The highest BCUT2D eigenvalue weighted by molar-refractivity contribution is 8.00. The molecule has 2 fully saturated rings. The number of carbonyl (C=O) groups is 4. The van der Waals surface area contributed by atoms with Gasteiger partial charge in [0.05, 0.1) is 9.09 Å². The minimum absolute atomic E-state index is 0.000331. The predicted octanol–water partition coefficient (Wildman–Crippen LogP) is 4.96. The fourth-order valence-corrected chi connectivity index (χ4v) is 7.80. The lowest BCUT2D eigenvalue weighted by molar-refractivity contribution is 0.0566. The number of ketones is 2. The van der Waals surface area contributed by atoms with Gasteiger partial charge in [0.15, 0.2) is 11.6 Å². The van der Waals surface area contributed by atoms with Gasteiger partial charge in [0, 0.05) is 49.3 Å². The van der Waals surface area contributed by atoms with Crippen LogP contribution in [0.15, 0.2) is 28.5 Å². The number of amides is 2. The van der Waals surface area contributed by atoms with Gasteiger partial charge in [-0.2, -0.15) is 0 Å². The molecule has 0 N–H and O–H groups in total. The van der Waals surface area contributed by atoms with Crippen LogP contribution in [0.3, 0.4) is 0 Å². The van der Waals surface area contributed by atoms with Crippen LogP contribution in [0.5, 0.6) is 0 Å². The molecule has 8 heteroatoms. The number of hydrogen-bond donors (Lipinski definition) is 0. The Balaban J connectivity index is 1.24. The van der Waals surface area contributed by atoms with E-state index < -0.39 is 0 Å². The highest BCUT2D eigenvalue weighted by Gasteiger charge is 2.44. The molecule has 2 saturated heterocycles. The number of rotatable bonds is 4. The first-order valence-corrected chi connectivity index (χ1v) is 14.3. The van der Waals surface area contributed by atoms with Crippen molar-refractivity contribution in [2.75, 3.05) is 32.4 Å². The molecule has 184 valence electrons. The molecule has 1 aliphatic carbocycles. The average Bonchev–Trinajstić information content (AvgIpc) is 3.46. The number of hydrogen-bond acceptors (Lipinski definition) is 6. The number of nitrogens with zero attached hydrogens (tertiary/aromatic N) is 2. The first kappa shape index (κ1) is 24.3. The summed E-state index contributed by atoms with van der Waals surface area (Å²) < 4.78 is 0.977. The Morgan fingerprint density at radius 1 is 0.914 bits per heavy atom. The zero-order valence-corrected chi connectivity index (χ0v) is 21.9. The summed E-state index contributed by atoms with van der Waals surface area (Å²) in [6, 6.07) is 6.88. The third-order valence-corrected chi connectivity index (χ3v) is 10.2. The van der Waals surface area contributed by atoms with E-state index in [2.05, 4.69) is 0 Å². The monoisotopic (exact) mass is 510 g/mol. The molecular weight excluding hydrogens is 480 g/mol. The number of thioether (sulfide) groups is 1. The molecule has 3 heterocycles. The van der Waals surface area contributed by atoms with E-state index in [1.54, 1.807) is 36.0 Å². The van der Waals surface area contributed by atoms with Crippen molar-refractivity contribution in [2.24, 2.45) is 5.41 Å². The Morgan fingerprint density at radius 2 is 1.54 bits per heavy atom. The number of carbonyl (C=O) groups excluding carboxylic acids is 4. The van der Waals surface area contributed by atoms with E-state index in [1.165, 1.54) is 18.3 Å². The van der Waals surface area contributed by atoms with Gasteiger partial charge in [0.2, 0.25) is 0 Å². The summed E-state index contributed by atoms with van der Waals surface area (Å²) in [6.45, 7) is 4.32. The quantitative estimate of drug-likeness (QED) is 0.429. The smallest absolute Gasteiger partial charge is 0.264 e. The van der Waals surface area contributed by atoms with Crippen LogP contribution in [-0.4, -0.2) is 65.6 Å². The number of benzene rings is 1. The van der Waals surface area contributed by atoms with Crippen molar-refractivity contribution in [3.8, 4) is 0 Å². The Hall–Kier alpha value is -2.45. The lowest BCUT2D eigenvalue weighted by Gasteiger charge is -2.39. The Morgan fingerprint density at radius 3 is 2.17 bits per heavy atom. The summed E-state index contributed by atoms with van der Waals surface area (Å²) in [5.74, 6) is 0.239. The van der Waals surface area contributed by atoms with Crippen LogP contribution in [0.4, 0.5) is 0 Å². The molecule has 2 amide bonds. The molecule has 0 atom stereocenters. The Kier molecular flexibility index (Phi) is 6.61. The van der Waals surface area contributed by atoms with Crippen LogP contribution in [0, 0.1) is 5.41 Å². The summed E-state index contributed by atoms with van der Waals surface area (Å²) >= 11 is 3.06. The summed E-state index contributed by atoms with van der Waals surface area (Å²) in [7, 11) is 0. The predicted molar refractivity (Wildman–Crippen MR) is 138 cm³/mol. The molecule has 2 aliphatic heterocycles. The van der Waals surface area contributed by atoms with Crippen LogP contribution >= 0.6 is 23.1 Å². The van der Waals surface area contributed by atoms with Gasteiger partial charge >= 0.3 is 0 Å². The van der Waals surface area contributed by atoms with Crippen LogP contribution in [0.25, 0.3) is 0 Å². The second-order valence-corrected chi connectivity index (χ2v) is 12.1. The molecule has 35 heavy (non-hydrogen) atoms. The molecule has 0 unspecified atom stereocenters. The minimum atomic E-state index is -0.0106. The largest absolute Gasteiger partial charge is 0.339 e. The highest BCUT2D eigenvalue weighted by Crippen LogP contribution is 2.44. The van der Waals surface area contributed by atoms with E-state index >= 15 is 0 Å². The van der Waals surface area contributed by atoms with Gasteiger partial charge in [-0.3, -0.25) is 19.2 Å². The lowest BCUT2D eigenvalue weighted by atomic mass is 9.77. The topological polar surface area (TPSA) is 74.8 Å². The normalized spacial score (nSPS) is 19.2. The summed E-state index contributed by atoms with van der Waals surface area (Å²) in [5.41, 5.74) is 3.04. The third kappa shape index (κ3) is 4.47. The number of fused-ring (bicyclic) bond motifs is 1. The molecule has 2 aromatic rings. The van der Waals surface area contributed by atoms with Crippen LogP contribution in [-0.2, 0) is 6.42 Å². The molecule has 1 spiro atoms. The van der Waals surface area contributed by atoms with Gasteiger partial charge in [-0.25, -0.2) is 0 Å². The van der Waals surface area contributed by atoms with Gasteiger partial charge < -0.3 is 9.80 Å². The second kappa shape index (κ2) is 9.54. The SMILES string of the molecule is CSc1sc(C(=O)N2CCC3(CCN(C(=O)c4ccc(C(C)=O)cc4)CC3)C2)c2c1C(=O)CCC2. The molecule has 5 rings (SSSR count). The molecule has 1 aromatic heterocycles. The van der Waals surface area contributed by atoms with E-state index in [-0.39, 0.29) is 28.8 Å². The Labute approximate surface area is 214 Å². The number of likely N-dealkylation sites (tertiary alicyclic amines) is 2. The number of Topliss-reactive ketones (excluding diaryl/α,β-unsaturated/α-hetero) is 2. The van der Waals surface area contributed by atoms with Crippen molar-refractivity contribution >= 4 is 46.5 Å². The van der Waals surface area contributed by atoms with Crippen molar-refractivity contribution in [2.45, 2.75) is 49.7 Å². The maximum Gasteiger partial charge on any atom is 0.264 e. The fourth-order valence-electron chi connectivity index (χ4n) is 5.70.